The predicted molar refractivity (Wildman–Crippen MR) is 128 cm³/mol. The number of hydrogen-bond donors (Lipinski definition) is 0. The Hall–Kier alpha value is -2.60. The van der Waals surface area contributed by atoms with E-state index >= 15 is 0 Å². The van der Waals surface area contributed by atoms with Crippen LogP contribution in [0.15, 0.2) is 48.7 Å². The molecule has 6 heteroatoms. The zero-order chi connectivity index (χ0) is 23.3. The van der Waals surface area contributed by atoms with Crippen molar-refractivity contribution in [2.45, 2.75) is 52.0 Å². The monoisotopic (exact) mass is 441 g/mol. The molecule has 1 aromatic carbocycles. The topological polar surface area (TPSA) is 54.8 Å². The fraction of sp³-hybridized carbons (Fsp3) is 0.538. The van der Waals surface area contributed by atoms with E-state index in [1.54, 1.807) is 12.0 Å². The van der Waals surface area contributed by atoms with Crippen LogP contribution in [0.1, 0.15) is 56.7 Å². The molecule has 176 valence electrons. The first-order valence-electron chi connectivity index (χ1n) is 11.7. The zero-order valence-electron chi connectivity index (χ0n) is 20.1. The number of carbonyl (C=O) groups excluding carboxylic acids is 2. The maximum absolute atomic E-state index is 13.5. The Balaban J connectivity index is 2.18. The second-order valence-electron chi connectivity index (χ2n) is 8.26. The molecule has 1 unspecified atom stereocenters. The van der Waals surface area contributed by atoms with Crippen molar-refractivity contribution in [1.29, 1.82) is 0 Å². The van der Waals surface area contributed by atoms with Crippen LogP contribution in [0.4, 0.5) is 0 Å². The number of hydrogen-bond acceptors (Lipinski definition) is 3. The normalized spacial score (nSPS) is 11.9. The van der Waals surface area contributed by atoms with Crippen LogP contribution in [-0.2, 0) is 27.9 Å². The van der Waals surface area contributed by atoms with Gasteiger partial charge in [0, 0.05) is 45.7 Å². The molecule has 1 heterocycles. The van der Waals surface area contributed by atoms with Gasteiger partial charge < -0.3 is 19.1 Å². The average molecular weight is 442 g/mol. The number of ether oxygens (including phenoxy) is 1. The van der Waals surface area contributed by atoms with Crippen molar-refractivity contribution in [3.05, 3.63) is 59.9 Å². The molecule has 0 fully saturated rings. The Morgan fingerprint density at radius 2 is 1.72 bits per heavy atom. The summed E-state index contributed by atoms with van der Waals surface area (Å²) in [5.74, 6) is -0.241. The van der Waals surface area contributed by atoms with E-state index < -0.39 is 0 Å². The minimum atomic E-state index is -0.247. The lowest BCUT2D eigenvalue weighted by atomic mass is 9.95. The van der Waals surface area contributed by atoms with Gasteiger partial charge in [-0.25, -0.2) is 0 Å². The predicted octanol–water partition coefficient (Wildman–Crippen LogP) is 4.21. The smallest absolute Gasteiger partial charge is 0.242 e. The molecule has 1 atom stereocenters. The van der Waals surface area contributed by atoms with Gasteiger partial charge >= 0.3 is 0 Å². The molecule has 0 saturated carbocycles. The molecule has 0 spiro atoms. The summed E-state index contributed by atoms with van der Waals surface area (Å²) in [7, 11) is 3.65. The summed E-state index contributed by atoms with van der Waals surface area (Å²) in [4.78, 5) is 30.5. The Labute approximate surface area is 193 Å². The molecule has 0 aliphatic rings. The van der Waals surface area contributed by atoms with Crippen LogP contribution >= 0.6 is 0 Å². The number of rotatable bonds is 14. The third-order valence-electron chi connectivity index (χ3n) is 5.86. The number of unbranched alkanes of at least 4 members (excludes halogenated alkanes) is 1. The lowest BCUT2D eigenvalue weighted by Crippen LogP contribution is -2.45. The molecule has 2 rings (SSSR count). The summed E-state index contributed by atoms with van der Waals surface area (Å²) >= 11 is 0. The van der Waals surface area contributed by atoms with E-state index in [0.717, 1.165) is 24.1 Å². The van der Waals surface area contributed by atoms with Crippen molar-refractivity contribution in [2.24, 2.45) is 7.05 Å². The van der Waals surface area contributed by atoms with Gasteiger partial charge in [-0.15, -0.1) is 0 Å². The first-order valence-corrected chi connectivity index (χ1v) is 11.7. The standard InChI is InChI=1S/C26H39N3O3/c1-5-7-17-28(20-23-15-11-16-27(23)3)25(30)21-29(18-12-19-32-4)26(31)24(6-2)22-13-9-8-10-14-22/h8-11,13-16,24H,5-7,12,17-21H2,1-4H3. The van der Waals surface area contributed by atoms with Crippen molar-refractivity contribution < 1.29 is 14.3 Å². The lowest BCUT2D eigenvalue weighted by molar-refractivity contribution is -0.142. The number of amides is 2. The molecule has 2 aromatic rings. The summed E-state index contributed by atoms with van der Waals surface area (Å²) in [6.07, 6.45) is 5.34. The number of aromatic nitrogens is 1. The minimum absolute atomic E-state index is 0.00617. The third kappa shape index (κ3) is 7.52. The third-order valence-corrected chi connectivity index (χ3v) is 5.86. The van der Waals surface area contributed by atoms with Crippen LogP contribution in [0.25, 0.3) is 0 Å². The Morgan fingerprint density at radius 1 is 1.00 bits per heavy atom. The largest absolute Gasteiger partial charge is 0.385 e. The van der Waals surface area contributed by atoms with Gasteiger partial charge in [0.05, 0.1) is 19.0 Å². The van der Waals surface area contributed by atoms with Crippen LogP contribution in [-0.4, -0.2) is 59.5 Å². The summed E-state index contributed by atoms with van der Waals surface area (Å²) in [5.41, 5.74) is 2.08. The number of benzene rings is 1. The van der Waals surface area contributed by atoms with Crippen LogP contribution in [0.5, 0.6) is 0 Å². The number of methoxy groups -OCH3 is 1. The van der Waals surface area contributed by atoms with Crippen LogP contribution < -0.4 is 0 Å². The van der Waals surface area contributed by atoms with Gasteiger partial charge in [-0.1, -0.05) is 50.6 Å². The van der Waals surface area contributed by atoms with Crippen molar-refractivity contribution in [2.75, 3.05) is 33.4 Å². The highest BCUT2D eigenvalue weighted by Gasteiger charge is 2.27. The van der Waals surface area contributed by atoms with Crippen molar-refractivity contribution in [1.82, 2.24) is 14.4 Å². The molecule has 0 radical (unpaired) electrons. The molecule has 0 N–H and O–H groups in total. The van der Waals surface area contributed by atoms with Gasteiger partial charge in [-0.05, 0) is 37.0 Å². The molecule has 0 saturated heterocycles. The number of nitrogens with zero attached hydrogens (tertiary/aromatic N) is 3. The van der Waals surface area contributed by atoms with E-state index in [2.05, 4.69) is 6.92 Å². The summed E-state index contributed by atoms with van der Waals surface area (Å²) in [6.45, 7) is 6.55. The van der Waals surface area contributed by atoms with Gasteiger partial charge in [0.1, 0.15) is 0 Å². The van der Waals surface area contributed by atoms with Gasteiger partial charge in [0.15, 0.2) is 0 Å². The molecular weight excluding hydrogens is 402 g/mol. The molecule has 0 bridgehead atoms. The Bertz CT molecular complexity index is 819. The van der Waals surface area contributed by atoms with E-state index in [1.165, 1.54) is 0 Å². The zero-order valence-corrected chi connectivity index (χ0v) is 20.1. The van der Waals surface area contributed by atoms with E-state index in [0.29, 0.717) is 39.1 Å². The quantitative estimate of drug-likeness (QED) is 0.413. The van der Waals surface area contributed by atoms with Gasteiger partial charge in [0.2, 0.25) is 11.8 Å². The lowest BCUT2D eigenvalue weighted by Gasteiger charge is -2.30. The van der Waals surface area contributed by atoms with Crippen molar-refractivity contribution >= 4 is 11.8 Å². The SMILES string of the molecule is CCCCN(Cc1cccn1C)C(=O)CN(CCCOC)C(=O)C(CC)c1ccccc1. The van der Waals surface area contributed by atoms with Gasteiger partial charge in [-0.3, -0.25) is 9.59 Å². The van der Waals surface area contributed by atoms with Gasteiger partial charge in [-0.2, -0.15) is 0 Å². The molecule has 6 nitrogen and oxygen atoms in total. The van der Waals surface area contributed by atoms with E-state index in [1.807, 2.05) is 72.1 Å². The Morgan fingerprint density at radius 3 is 2.31 bits per heavy atom. The van der Waals surface area contributed by atoms with Crippen molar-refractivity contribution in [3.8, 4) is 0 Å². The van der Waals surface area contributed by atoms with E-state index in [4.69, 9.17) is 4.74 Å². The van der Waals surface area contributed by atoms with Crippen molar-refractivity contribution in [3.63, 3.8) is 0 Å². The fourth-order valence-electron chi connectivity index (χ4n) is 3.89. The second kappa shape index (κ2) is 13.7. The fourth-order valence-corrected chi connectivity index (χ4v) is 3.89. The number of carbonyl (C=O) groups is 2. The molecule has 1 aromatic heterocycles. The molecule has 0 aliphatic heterocycles. The highest BCUT2D eigenvalue weighted by molar-refractivity contribution is 5.88. The summed E-state index contributed by atoms with van der Waals surface area (Å²) in [6, 6.07) is 13.9. The van der Waals surface area contributed by atoms with Crippen LogP contribution in [0, 0.1) is 0 Å². The second-order valence-corrected chi connectivity index (χ2v) is 8.26. The molecule has 0 aliphatic carbocycles. The summed E-state index contributed by atoms with van der Waals surface area (Å²) in [5, 5.41) is 0. The first-order chi connectivity index (χ1) is 15.5. The maximum atomic E-state index is 13.5. The van der Waals surface area contributed by atoms with Crippen LogP contribution in [0.3, 0.4) is 0 Å². The summed E-state index contributed by atoms with van der Waals surface area (Å²) < 4.78 is 7.23. The highest BCUT2D eigenvalue weighted by atomic mass is 16.5. The maximum Gasteiger partial charge on any atom is 0.242 e. The van der Waals surface area contributed by atoms with E-state index in [-0.39, 0.29) is 24.3 Å². The average Bonchev–Trinajstić information content (AvgIpc) is 3.21. The number of aryl methyl sites for hydroxylation is 1. The van der Waals surface area contributed by atoms with Gasteiger partial charge in [0.25, 0.3) is 0 Å². The molecule has 2 amide bonds. The Kier molecular flexibility index (Phi) is 11.0. The molecule has 32 heavy (non-hydrogen) atoms. The van der Waals surface area contributed by atoms with E-state index in [9.17, 15) is 9.59 Å². The molecular formula is C26H39N3O3. The van der Waals surface area contributed by atoms with Crippen LogP contribution in [0.2, 0.25) is 0 Å². The minimum Gasteiger partial charge on any atom is -0.385 e. The highest BCUT2D eigenvalue weighted by Crippen LogP contribution is 2.22. The first kappa shape index (κ1) is 25.7.